The van der Waals surface area contributed by atoms with Gasteiger partial charge in [0.2, 0.25) is 0 Å². The number of thioether (sulfide) groups is 1. The fourth-order valence-corrected chi connectivity index (χ4v) is 1.03. The van der Waals surface area contributed by atoms with Gasteiger partial charge in [-0.2, -0.15) is 0 Å². The summed E-state index contributed by atoms with van der Waals surface area (Å²) in [5.41, 5.74) is 0. The maximum atomic E-state index is 5.20. The molecule has 1 aliphatic heterocycles. The summed E-state index contributed by atoms with van der Waals surface area (Å²) in [6.07, 6.45) is 3.45. The molecule has 10 heavy (non-hydrogen) atoms. The van der Waals surface area contributed by atoms with Gasteiger partial charge in [-0.3, -0.25) is 0 Å². The molecule has 0 saturated carbocycles. The van der Waals surface area contributed by atoms with Crippen LogP contribution in [0.25, 0.3) is 0 Å². The van der Waals surface area contributed by atoms with Gasteiger partial charge < -0.3 is 14.8 Å². The van der Waals surface area contributed by atoms with Gasteiger partial charge in [-0.25, -0.2) is 0 Å². The van der Waals surface area contributed by atoms with Crippen molar-refractivity contribution in [1.29, 1.82) is 0 Å². The molecule has 0 radical (unpaired) electrons. The van der Waals surface area contributed by atoms with Gasteiger partial charge in [-0.05, 0) is 0 Å². The zero-order valence-corrected chi connectivity index (χ0v) is 6.52. The summed E-state index contributed by atoms with van der Waals surface area (Å²) in [5, 5.41) is 3.02. The van der Waals surface area contributed by atoms with Crippen molar-refractivity contribution in [2.75, 3.05) is 25.0 Å². The molecule has 0 saturated heterocycles. The number of rotatable bonds is 0. The summed E-state index contributed by atoms with van der Waals surface area (Å²) in [5.74, 6) is 1.38. The van der Waals surface area contributed by atoms with Crippen LogP contribution < -0.4 is 5.32 Å². The molecule has 0 aromatic heterocycles. The lowest BCUT2D eigenvalue weighted by atomic mass is 10.7. The van der Waals surface area contributed by atoms with Gasteiger partial charge in [0.05, 0.1) is 18.8 Å². The first-order valence-electron chi connectivity index (χ1n) is 3.15. The Morgan fingerprint density at radius 2 is 2.40 bits per heavy atom. The van der Waals surface area contributed by atoms with E-state index < -0.39 is 0 Å². The van der Waals surface area contributed by atoms with E-state index in [-0.39, 0.29) is 0 Å². The Balaban J connectivity index is 2.13. The van der Waals surface area contributed by atoms with Gasteiger partial charge in [0.1, 0.15) is 5.94 Å². The first-order valence-corrected chi connectivity index (χ1v) is 4.31. The van der Waals surface area contributed by atoms with Crippen LogP contribution in [0.15, 0.2) is 12.5 Å². The predicted molar refractivity (Wildman–Crippen MR) is 41.5 cm³/mol. The Bertz CT molecular complexity index is 95.9. The third kappa shape index (κ3) is 3.63. The molecular formula is C6H11NO2S. The standard InChI is InChI=1S/C6H11NO2S/c1-3-8-5-10-6-9-4-2-7-1/h1,3,7H,2,4-6H2. The minimum Gasteiger partial charge on any atom is -0.489 e. The summed E-state index contributed by atoms with van der Waals surface area (Å²) >= 11 is 1.63. The third-order valence-corrected chi connectivity index (χ3v) is 1.63. The number of nitrogens with one attached hydrogen (secondary N) is 1. The van der Waals surface area contributed by atoms with E-state index >= 15 is 0 Å². The van der Waals surface area contributed by atoms with Crippen LogP contribution in [-0.4, -0.2) is 25.0 Å². The summed E-state index contributed by atoms with van der Waals surface area (Å²) in [6, 6.07) is 0. The molecular weight excluding hydrogens is 150 g/mol. The molecule has 58 valence electrons. The van der Waals surface area contributed by atoms with E-state index in [1.54, 1.807) is 24.2 Å². The maximum Gasteiger partial charge on any atom is 0.135 e. The highest BCUT2D eigenvalue weighted by Crippen LogP contribution is 2.01. The van der Waals surface area contributed by atoms with E-state index in [9.17, 15) is 0 Å². The Morgan fingerprint density at radius 3 is 3.40 bits per heavy atom. The maximum absolute atomic E-state index is 5.20. The quantitative estimate of drug-likeness (QED) is 0.567. The molecule has 1 heterocycles. The third-order valence-electron chi connectivity index (χ3n) is 0.991. The van der Waals surface area contributed by atoms with Crippen molar-refractivity contribution < 1.29 is 9.47 Å². The minimum atomic E-state index is 0.665. The lowest BCUT2D eigenvalue weighted by molar-refractivity contribution is 0.183. The van der Waals surface area contributed by atoms with Crippen LogP contribution in [0.3, 0.4) is 0 Å². The van der Waals surface area contributed by atoms with E-state index in [1.165, 1.54) is 0 Å². The minimum absolute atomic E-state index is 0.665. The van der Waals surface area contributed by atoms with Gasteiger partial charge in [-0.15, -0.1) is 0 Å². The fraction of sp³-hybridized carbons (Fsp3) is 0.667. The molecule has 0 atom stereocenters. The molecule has 0 aromatic rings. The molecule has 0 spiro atoms. The summed E-state index contributed by atoms with van der Waals surface area (Å²) < 4.78 is 10.2. The Labute approximate surface area is 64.8 Å². The zero-order valence-electron chi connectivity index (χ0n) is 5.71. The van der Waals surface area contributed by atoms with Crippen LogP contribution in [0.2, 0.25) is 0 Å². The van der Waals surface area contributed by atoms with Gasteiger partial charge in [-0.1, -0.05) is 11.8 Å². The van der Waals surface area contributed by atoms with E-state index in [1.807, 2.05) is 0 Å². The lowest BCUT2D eigenvalue weighted by Crippen LogP contribution is -2.14. The molecule has 4 heteroatoms. The SMILES string of the molecule is C1=COCSCOCCN1. The molecule has 0 aromatic carbocycles. The number of hydrogen-bond donors (Lipinski definition) is 1. The van der Waals surface area contributed by atoms with Crippen molar-refractivity contribution in [3.8, 4) is 0 Å². The van der Waals surface area contributed by atoms with Gasteiger partial charge >= 0.3 is 0 Å². The Morgan fingerprint density at radius 1 is 1.40 bits per heavy atom. The summed E-state index contributed by atoms with van der Waals surface area (Å²) in [4.78, 5) is 0. The monoisotopic (exact) mass is 161 g/mol. The molecule has 1 N–H and O–H groups in total. The fourth-order valence-electron chi connectivity index (χ4n) is 0.550. The van der Waals surface area contributed by atoms with Crippen LogP contribution in [0.5, 0.6) is 0 Å². The second-order valence-corrected chi connectivity index (χ2v) is 2.65. The van der Waals surface area contributed by atoms with Crippen molar-refractivity contribution in [2.24, 2.45) is 0 Å². The van der Waals surface area contributed by atoms with Crippen LogP contribution in [0, 0.1) is 0 Å². The summed E-state index contributed by atoms with van der Waals surface area (Å²) in [7, 11) is 0. The first kappa shape index (κ1) is 7.75. The normalized spacial score (nSPS) is 20.8. The number of hydrogen-bond acceptors (Lipinski definition) is 4. The highest BCUT2D eigenvalue weighted by Gasteiger charge is 1.89. The summed E-state index contributed by atoms with van der Waals surface area (Å²) in [6.45, 7) is 1.61. The van der Waals surface area contributed by atoms with Crippen LogP contribution in [0.1, 0.15) is 0 Å². The predicted octanol–water partition coefficient (Wildman–Crippen LogP) is 0.742. The van der Waals surface area contributed by atoms with Crippen LogP contribution in [0.4, 0.5) is 0 Å². The Kier molecular flexibility index (Phi) is 4.21. The highest BCUT2D eigenvalue weighted by molar-refractivity contribution is 7.98. The largest absolute Gasteiger partial charge is 0.489 e. The van der Waals surface area contributed by atoms with E-state index in [0.29, 0.717) is 5.94 Å². The van der Waals surface area contributed by atoms with E-state index in [2.05, 4.69) is 5.32 Å². The van der Waals surface area contributed by atoms with Gasteiger partial charge in [0.25, 0.3) is 0 Å². The molecule has 0 bridgehead atoms. The average molecular weight is 161 g/mol. The van der Waals surface area contributed by atoms with Crippen molar-refractivity contribution >= 4 is 11.8 Å². The second-order valence-electron chi connectivity index (χ2n) is 1.77. The van der Waals surface area contributed by atoms with Crippen molar-refractivity contribution in [3.63, 3.8) is 0 Å². The molecule has 0 unspecified atom stereocenters. The molecule has 0 amide bonds. The van der Waals surface area contributed by atoms with Gasteiger partial charge in [0.15, 0.2) is 0 Å². The van der Waals surface area contributed by atoms with Crippen LogP contribution in [-0.2, 0) is 9.47 Å². The topological polar surface area (TPSA) is 30.5 Å². The van der Waals surface area contributed by atoms with Gasteiger partial charge in [0, 0.05) is 12.7 Å². The molecule has 1 rings (SSSR count). The van der Waals surface area contributed by atoms with Crippen LogP contribution >= 0.6 is 11.8 Å². The molecule has 0 fully saturated rings. The first-order chi connectivity index (χ1) is 5.00. The Hall–Kier alpha value is -0.350. The van der Waals surface area contributed by atoms with E-state index in [4.69, 9.17) is 9.47 Å². The average Bonchev–Trinajstić information content (AvgIpc) is 2.01. The molecule has 3 nitrogen and oxygen atoms in total. The zero-order chi connectivity index (χ0) is 7.07. The van der Waals surface area contributed by atoms with Crippen molar-refractivity contribution in [3.05, 3.63) is 12.5 Å². The van der Waals surface area contributed by atoms with Crippen molar-refractivity contribution in [2.45, 2.75) is 0 Å². The smallest absolute Gasteiger partial charge is 0.135 e. The highest BCUT2D eigenvalue weighted by atomic mass is 32.2. The second kappa shape index (κ2) is 5.44. The van der Waals surface area contributed by atoms with E-state index in [0.717, 1.165) is 19.1 Å². The molecule has 1 aliphatic rings. The number of ether oxygens (including phenoxy) is 2. The molecule has 0 aliphatic carbocycles. The lowest BCUT2D eigenvalue weighted by Gasteiger charge is -2.06. The van der Waals surface area contributed by atoms with Crippen molar-refractivity contribution in [1.82, 2.24) is 5.32 Å².